The van der Waals surface area contributed by atoms with Crippen LogP contribution in [0.5, 0.6) is 34.5 Å². The highest BCUT2D eigenvalue weighted by Gasteiger charge is 2.34. The molecule has 3 saturated heterocycles. The minimum Gasteiger partial charge on any atom is -0.491 e. The van der Waals surface area contributed by atoms with E-state index in [0.29, 0.717) is 69.4 Å². The van der Waals surface area contributed by atoms with E-state index in [2.05, 4.69) is 62.9 Å². The zero-order chi connectivity index (χ0) is 71.3. The summed E-state index contributed by atoms with van der Waals surface area (Å²) >= 11 is 32.3. The van der Waals surface area contributed by atoms with E-state index >= 15 is 0 Å². The van der Waals surface area contributed by atoms with Crippen LogP contribution >= 0.6 is 94.3 Å². The van der Waals surface area contributed by atoms with Crippen LogP contribution in [0.4, 0.5) is 0 Å². The number of epoxide rings is 3. The van der Waals surface area contributed by atoms with Gasteiger partial charge in [-0.2, -0.15) is 0 Å². The lowest BCUT2D eigenvalue weighted by atomic mass is 9.71. The molecule has 0 radical (unpaired) electrons. The molecule has 548 valence electrons. The van der Waals surface area contributed by atoms with Gasteiger partial charge in [0.15, 0.2) is 0 Å². The first kappa shape index (κ1) is 81.4. The maximum atomic E-state index is 10.6. The summed E-state index contributed by atoms with van der Waals surface area (Å²) in [7, 11) is 0. The molecule has 10 aromatic rings. The molecule has 0 aliphatic carbocycles. The molecule has 3 heterocycles. The second-order valence-electron chi connectivity index (χ2n) is 24.9. The van der Waals surface area contributed by atoms with Gasteiger partial charge in [0.1, 0.15) is 92.5 Å². The first-order valence-electron chi connectivity index (χ1n) is 33.4. The number of hydrogen-bond acceptors (Lipinski definition) is 16. The summed E-state index contributed by atoms with van der Waals surface area (Å²) in [5, 5.41) is 34.7. The zero-order valence-corrected chi connectivity index (χ0v) is 62.6. The molecule has 0 saturated carbocycles. The molecule has 6 unspecified atom stereocenters. The molecule has 3 aliphatic heterocycles. The van der Waals surface area contributed by atoms with Crippen LogP contribution in [0.15, 0.2) is 262 Å². The summed E-state index contributed by atoms with van der Waals surface area (Å²) in [4.78, 5) is 4.02. The van der Waals surface area contributed by atoms with Gasteiger partial charge in [0.05, 0.1) is 38.1 Å². The summed E-state index contributed by atoms with van der Waals surface area (Å²) in [6.07, 6.45) is -1.27. The maximum Gasteiger partial charge on any atom is 0.119 e. The van der Waals surface area contributed by atoms with Gasteiger partial charge in [0.25, 0.3) is 0 Å². The van der Waals surface area contributed by atoms with Crippen molar-refractivity contribution in [2.24, 2.45) is 0 Å². The Labute approximate surface area is 650 Å². The van der Waals surface area contributed by atoms with Crippen molar-refractivity contribution in [2.75, 3.05) is 76.7 Å². The number of hydrogen-bond donors (Lipinski definition) is 4. The van der Waals surface area contributed by atoms with Crippen LogP contribution in [0.1, 0.15) is 62.1 Å². The van der Waals surface area contributed by atoms with Gasteiger partial charge in [-0.3, -0.25) is 0 Å². The molecule has 104 heavy (non-hydrogen) atoms. The predicted molar refractivity (Wildman–Crippen MR) is 429 cm³/mol. The highest BCUT2D eigenvalue weighted by molar-refractivity contribution is 7.99. The molecule has 0 bridgehead atoms. The van der Waals surface area contributed by atoms with Crippen LogP contribution < -0.4 is 28.4 Å². The Morgan fingerprint density at radius 3 is 0.721 bits per heavy atom. The Hall–Kier alpha value is -6.68. The average molecular weight is 1560 g/mol. The fourth-order valence-corrected chi connectivity index (χ4v) is 13.8. The fraction of sp³-hybridized carbons (Fsp3) is 0.286. The lowest BCUT2D eigenvalue weighted by molar-refractivity contribution is 0.126. The third-order valence-electron chi connectivity index (χ3n) is 17.0. The molecule has 3 fully saturated rings. The number of halogens is 4. The van der Waals surface area contributed by atoms with Crippen molar-refractivity contribution in [3.05, 3.63) is 296 Å². The van der Waals surface area contributed by atoms with Gasteiger partial charge in [-0.05, 0) is 217 Å². The fourth-order valence-electron chi connectivity index (χ4n) is 10.7. The topological polar surface area (TPSA) is 154 Å². The van der Waals surface area contributed by atoms with Crippen LogP contribution in [0.3, 0.4) is 0 Å². The number of ether oxygens (including phenoxy) is 9. The monoisotopic (exact) mass is 1560 g/mol. The first-order valence-corrected chi connectivity index (χ1v) is 38.3. The van der Waals surface area contributed by atoms with Crippen molar-refractivity contribution in [3.63, 3.8) is 0 Å². The van der Waals surface area contributed by atoms with E-state index in [1.165, 1.54) is 16.7 Å². The number of thiol groups is 1. The number of benzene rings is 10. The summed E-state index contributed by atoms with van der Waals surface area (Å²) in [5.41, 5.74) is 5.61. The summed E-state index contributed by atoms with van der Waals surface area (Å²) in [6.45, 7) is 9.04. The number of rotatable bonds is 33. The molecular formula is C84H88Cl4O12S4. The molecule has 20 heteroatoms. The van der Waals surface area contributed by atoms with Gasteiger partial charge < -0.3 is 58.0 Å². The second kappa shape index (κ2) is 40.3. The minimum atomic E-state index is -0.659. The Morgan fingerprint density at radius 1 is 0.337 bits per heavy atom. The number of aliphatic hydroxyl groups is 3. The highest BCUT2D eigenvalue weighted by atomic mass is 35.5. The summed E-state index contributed by atoms with van der Waals surface area (Å²) < 4.78 is 51.3. The van der Waals surface area contributed by atoms with Crippen LogP contribution in [-0.4, -0.2) is 129 Å². The molecule has 0 amide bonds. The largest absolute Gasteiger partial charge is 0.491 e. The molecule has 0 aromatic heterocycles. The molecule has 6 atom stereocenters. The lowest BCUT2D eigenvalue weighted by Gasteiger charge is -2.32. The van der Waals surface area contributed by atoms with E-state index < -0.39 is 23.7 Å². The lowest BCUT2D eigenvalue weighted by Crippen LogP contribution is -2.25. The molecular weight excluding hydrogens is 1470 g/mol. The summed E-state index contributed by atoms with van der Waals surface area (Å²) in [6, 6.07) is 78.8. The van der Waals surface area contributed by atoms with Gasteiger partial charge >= 0.3 is 0 Å². The first-order chi connectivity index (χ1) is 49.5. The van der Waals surface area contributed by atoms with Crippen molar-refractivity contribution in [1.82, 2.24) is 0 Å². The quantitative estimate of drug-likeness (QED) is 0.0133. The SMILES string of the molecule is C.C.CC(c1ccc(OCC(O)CSc2ccc(Cl)cc2)cc1)(c1ccc(OCC(O)CSc2ccc(Cl)cc2)cc1)c1ccc(OCC(O)CSc2ccc(Cl)cc2)cc1.CC(c1ccc(OCC2CO2)cc1)(c1ccc(OCC2CO2)cc1)c1ccc(OCC2CO2)cc1.Sc1ccc(Cl)cc1. The van der Waals surface area contributed by atoms with Crippen molar-refractivity contribution < 1.29 is 58.0 Å². The summed E-state index contributed by atoms with van der Waals surface area (Å²) in [5.74, 6) is 5.97. The van der Waals surface area contributed by atoms with Crippen molar-refractivity contribution >= 4 is 94.3 Å². The molecule has 13 rings (SSSR count). The van der Waals surface area contributed by atoms with Gasteiger partial charge in [0, 0.05) is 67.8 Å². The van der Waals surface area contributed by atoms with Gasteiger partial charge in [-0.25, -0.2) is 0 Å². The van der Waals surface area contributed by atoms with Gasteiger partial charge in [-0.15, -0.1) is 47.9 Å². The van der Waals surface area contributed by atoms with Crippen molar-refractivity contribution in [1.29, 1.82) is 0 Å². The van der Waals surface area contributed by atoms with Crippen LogP contribution in [0.25, 0.3) is 0 Å². The Morgan fingerprint density at radius 2 is 0.529 bits per heavy atom. The Bertz CT molecular complexity index is 3730. The predicted octanol–water partition coefficient (Wildman–Crippen LogP) is 19.9. The number of thioether (sulfide) groups is 3. The van der Waals surface area contributed by atoms with E-state index in [-0.39, 0.29) is 58.4 Å². The average Bonchev–Trinajstić information content (AvgIpc) is 1.69. The van der Waals surface area contributed by atoms with Crippen LogP contribution in [0, 0.1) is 0 Å². The third-order valence-corrected chi connectivity index (χ3v) is 21.8. The van der Waals surface area contributed by atoms with Crippen molar-refractivity contribution in [2.45, 2.75) is 95.7 Å². The molecule has 3 N–H and O–H groups in total. The third kappa shape index (κ3) is 25.2. The van der Waals surface area contributed by atoms with E-state index in [1.54, 1.807) is 35.3 Å². The van der Waals surface area contributed by atoms with E-state index in [1.807, 2.05) is 206 Å². The van der Waals surface area contributed by atoms with E-state index in [0.717, 1.165) is 78.4 Å². The maximum absolute atomic E-state index is 10.6. The van der Waals surface area contributed by atoms with Crippen LogP contribution in [-0.2, 0) is 25.0 Å². The molecule has 12 nitrogen and oxygen atoms in total. The Balaban J connectivity index is 0.000000234. The standard InChI is InChI=1S/C47H45Cl3O6S3.C29H30O6.C6H5ClS.2CH4/c1-47(32-2-14-41(15-3-32)54-26-38(51)29-57-44-20-8-35(48)9-21-44,33-4-16-42(17-5-33)55-27-39(52)30-58-45-22-10-36(49)11-23-45)34-6-18-43(19-7-34)56-28-40(53)31-59-46-24-12-37(50)13-25-46;1-29(20-2-8-23(9-3-20)30-14-26-17-33-26,21-4-10-24(11-5-21)31-15-27-18-34-27)22-6-12-25(13-7-22)32-16-28-19-35-28;7-5-1-3-6(8)4-2-5;;/h2-25,38-40,51-53H,26-31H2,1H3;2-13,26-28H,14-19H2,1H3;1-4,8H;2*1H4. The molecule has 0 spiro atoms. The smallest absolute Gasteiger partial charge is 0.119 e. The Kier molecular flexibility index (Phi) is 31.6. The van der Waals surface area contributed by atoms with E-state index in [4.69, 9.17) is 89.0 Å². The number of aliphatic hydroxyl groups excluding tert-OH is 3. The normalized spacial score (nSPS) is 16.6. The van der Waals surface area contributed by atoms with Gasteiger partial charge in [0.2, 0.25) is 0 Å². The molecule has 10 aromatic carbocycles. The second-order valence-corrected chi connectivity index (χ2v) is 30.4. The minimum absolute atomic E-state index is 0. The highest BCUT2D eigenvalue weighted by Crippen LogP contribution is 2.43. The van der Waals surface area contributed by atoms with Crippen LogP contribution in [0.2, 0.25) is 20.1 Å². The molecule has 3 aliphatic rings. The van der Waals surface area contributed by atoms with Gasteiger partial charge in [-0.1, -0.05) is 134 Å². The zero-order valence-electron chi connectivity index (χ0n) is 56.2. The van der Waals surface area contributed by atoms with E-state index in [9.17, 15) is 15.3 Å². The van der Waals surface area contributed by atoms with Crippen molar-refractivity contribution in [3.8, 4) is 34.5 Å².